The fraction of sp³-hybridized carbons (Fsp3) is 0.636. The predicted molar refractivity (Wildman–Crippen MR) is 59.1 cm³/mol. The third-order valence-electron chi connectivity index (χ3n) is 2.65. The van der Waals surface area contributed by atoms with E-state index < -0.39 is 0 Å². The maximum atomic E-state index is 8.80. The van der Waals surface area contributed by atoms with Crippen LogP contribution in [0.4, 0.5) is 0 Å². The lowest BCUT2D eigenvalue weighted by atomic mass is 10.2. The van der Waals surface area contributed by atoms with Gasteiger partial charge in [-0.3, -0.25) is 4.90 Å². The van der Waals surface area contributed by atoms with Crippen LogP contribution >= 0.6 is 0 Å². The Morgan fingerprint density at radius 3 is 2.50 bits per heavy atom. The summed E-state index contributed by atoms with van der Waals surface area (Å²) in [7, 11) is 0. The number of rotatable bonds is 4. The van der Waals surface area contributed by atoms with Crippen molar-refractivity contribution in [1.82, 2.24) is 9.80 Å². The summed E-state index contributed by atoms with van der Waals surface area (Å²) in [6.07, 6.45) is 3.87. The van der Waals surface area contributed by atoms with Gasteiger partial charge in [0.15, 0.2) is 0 Å². The Hall–Kier alpha value is -0.800. The molecule has 1 fully saturated rings. The van der Waals surface area contributed by atoms with Crippen molar-refractivity contribution in [1.29, 1.82) is 0 Å². The number of hydrogen-bond acceptors (Lipinski definition) is 3. The van der Waals surface area contributed by atoms with Gasteiger partial charge in [-0.1, -0.05) is 12.7 Å². The van der Waals surface area contributed by atoms with E-state index in [1.807, 2.05) is 12.2 Å². The minimum atomic E-state index is 0.265. The Kier molecular flexibility index (Phi) is 4.70. The molecule has 0 spiro atoms. The molecule has 14 heavy (non-hydrogen) atoms. The van der Waals surface area contributed by atoms with Gasteiger partial charge in [0.05, 0.1) is 6.61 Å². The van der Waals surface area contributed by atoms with Crippen molar-refractivity contribution in [2.24, 2.45) is 0 Å². The number of hydrogen-bond donors (Lipinski definition) is 1. The molecule has 0 atom stereocenters. The standard InChI is InChI=1S/C11H20N2O/c1-3-4-11(2)13-7-5-12(6-8-13)9-10-14/h3-4,14H,1,5-10H2,2H3/b11-4+. The first-order valence-electron chi connectivity index (χ1n) is 5.15. The van der Waals surface area contributed by atoms with Gasteiger partial charge in [0, 0.05) is 38.4 Å². The Morgan fingerprint density at radius 1 is 1.36 bits per heavy atom. The Bertz CT molecular complexity index is 205. The lowest BCUT2D eigenvalue weighted by Crippen LogP contribution is -2.46. The summed E-state index contributed by atoms with van der Waals surface area (Å²) in [5, 5.41) is 8.80. The zero-order valence-electron chi connectivity index (χ0n) is 8.95. The Balaban J connectivity index is 2.35. The summed E-state index contributed by atoms with van der Waals surface area (Å²) in [6, 6.07) is 0. The molecule has 0 unspecified atom stereocenters. The van der Waals surface area contributed by atoms with Gasteiger partial charge in [0.25, 0.3) is 0 Å². The van der Waals surface area contributed by atoms with Gasteiger partial charge in [-0.05, 0) is 13.0 Å². The van der Waals surface area contributed by atoms with E-state index >= 15 is 0 Å². The van der Waals surface area contributed by atoms with E-state index in [0.29, 0.717) is 0 Å². The molecule has 0 saturated carbocycles. The summed E-state index contributed by atoms with van der Waals surface area (Å²) in [4.78, 5) is 4.65. The molecule has 1 N–H and O–H groups in total. The number of piperazine rings is 1. The quantitative estimate of drug-likeness (QED) is 0.670. The topological polar surface area (TPSA) is 26.7 Å². The minimum Gasteiger partial charge on any atom is -0.395 e. The second kappa shape index (κ2) is 5.83. The van der Waals surface area contributed by atoms with Gasteiger partial charge < -0.3 is 10.0 Å². The maximum Gasteiger partial charge on any atom is 0.0558 e. The summed E-state index contributed by atoms with van der Waals surface area (Å²) in [5.41, 5.74) is 1.28. The molecule has 1 aliphatic heterocycles. The highest BCUT2D eigenvalue weighted by atomic mass is 16.3. The third kappa shape index (κ3) is 3.16. The fourth-order valence-corrected chi connectivity index (χ4v) is 1.74. The van der Waals surface area contributed by atoms with Crippen LogP contribution in [0.5, 0.6) is 0 Å². The van der Waals surface area contributed by atoms with Crippen molar-refractivity contribution in [3.63, 3.8) is 0 Å². The SMILES string of the molecule is C=C/C=C(\C)N1CCN(CCO)CC1. The van der Waals surface area contributed by atoms with E-state index in [1.54, 1.807) is 0 Å². The van der Waals surface area contributed by atoms with Crippen molar-refractivity contribution in [3.05, 3.63) is 24.4 Å². The molecule has 0 bridgehead atoms. The first-order valence-corrected chi connectivity index (χ1v) is 5.15. The molecule has 1 aliphatic rings. The minimum absolute atomic E-state index is 0.265. The van der Waals surface area contributed by atoms with Crippen LogP contribution in [-0.4, -0.2) is 54.2 Å². The van der Waals surface area contributed by atoms with Crippen LogP contribution in [0.25, 0.3) is 0 Å². The first-order chi connectivity index (χ1) is 6.77. The molecule has 0 aliphatic carbocycles. The lowest BCUT2D eigenvalue weighted by molar-refractivity contribution is 0.132. The molecule has 1 saturated heterocycles. The van der Waals surface area contributed by atoms with Crippen molar-refractivity contribution in [2.45, 2.75) is 6.92 Å². The molecule has 3 nitrogen and oxygen atoms in total. The molecule has 3 heteroatoms. The number of aliphatic hydroxyl groups excluding tert-OH is 1. The summed E-state index contributed by atoms with van der Waals surface area (Å²) >= 11 is 0. The van der Waals surface area contributed by atoms with Crippen molar-refractivity contribution in [3.8, 4) is 0 Å². The smallest absolute Gasteiger partial charge is 0.0558 e. The van der Waals surface area contributed by atoms with E-state index in [0.717, 1.165) is 32.7 Å². The average molecular weight is 196 g/mol. The lowest BCUT2D eigenvalue weighted by Gasteiger charge is -2.36. The van der Waals surface area contributed by atoms with Gasteiger partial charge in [-0.25, -0.2) is 0 Å². The van der Waals surface area contributed by atoms with Crippen molar-refractivity contribution in [2.75, 3.05) is 39.3 Å². The van der Waals surface area contributed by atoms with Crippen LogP contribution in [0.15, 0.2) is 24.4 Å². The van der Waals surface area contributed by atoms with E-state index in [4.69, 9.17) is 5.11 Å². The van der Waals surface area contributed by atoms with Crippen LogP contribution in [0.1, 0.15) is 6.92 Å². The molecular weight excluding hydrogens is 176 g/mol. The van der Waals surface area contributed by atoms with Crippen LogP contribution < -0.4 is 0 Å². The monoisotopic (exact) mass is 196 g/mol. The zero-order valence-corrected chi connectivity index (χ0v) is 8.95. The number of β-amino-alcohol motifs (C(OH)–C–C–N with tert-alkyl or cyclic N) is 1. The Labute approximate surface area is 86.3 Å². The average Bonchev–Trinajstić information content (AvgIpc) is 2.20. The molecule has 0 radical (unpaired) electrons. The number of nitrogens with zero attached hydrogens (tertiary/aromatic N) is 2. The van der Waals surface area contributed by atoms with E-state index in [9.17, 15) is 0 Å². The second-order valence-electron chi connectivity index (χ2n) is 3.60. The number of aliphatic hydroxyl groups is 1. The highest BCUT2D eigenvalue weighted by Gasteiger charge is 2.15. The van der Waals surface area contributed by atoms with Gasteiger partial charge in [-0.15, -0.1) is 0 Å². The van der Waals surface area contributed by atoms with Gasteiger partial charge in [0.2, 0.25) is 0 Å². The highest BCUT2D eigenvalue weighted by Crippen LogP contribution is 2.08. The molecule has 1 rings (SSSR count). The van der Waals surface area contributed by atoms with Crippen molar-refractivity contribution < 1.29 is 5.11 Å². The molecule has 80 valence electrons. The zero-order chi connectivity index (χ0) is 10.4. The van der Waals surface area contributed by atoms with E-state index in [2.05, 4.69) is 23.3 Å². The fourth-order valence-electron chi connectivity index (χ4n) is 1.74. The maximum absolute atomic E-state index is 8.80. The molecule has 0 aromatic carbocycles. The summed E-state index contributed by atoms with van der Waals surface area (Å²) in [5.74, 6) is 0. The third-order valence-corrected chi connectivity index (χ3v) is 2.65. The van der Waals surface area contributed by atoms with E-state index in [-0.39, 0.29) is 6.61 Å². The van der Waals surface area contributed by atoms with Gasteiger partial charge in [-0.2, -0.15) is 0 Å². The van der Waals surface area contributed by atoms with Crippen LogP contribution in [0, 0.1) is 0 Å². The molecule has 0 amide bonds. The normalized spacial score (nSPS) is 19.9. The van der Waals surface area contributed by atoms with Crippen LogP contribution in [-0.2, 0) is 0 Å². The summed E-state index contributed by atoms with van der Waals surface area (Å²) < 4.78 is 0. The summed E-state index contributed by atoms with van der Waals surface area (Å²) in [6.45, 7) is 11.1. The predicted octanol–water partition coefficient (Wildman–Crippen LogP) is 0.686. The largest absolute Gasteiger partial charge is 0.395 e. The Morgan fingerprint density at radius 2 is 2.00 bits per heavy atom. The number of allylic oxidation sites excluding steroid dienone is 3. The molecular formula is C11H20N2O. The molecule has 1 heterocycles. The first kappa shape index (κ1) is 11.3. The highest BCUT2D eigenvalue weighted by molar-refractivity contribution is 5.07. The van der Waals surface area contributed by atoms with E-state index in [1.165, 1.54) is 5.70 Å². The van der Waals surface area contributed by atoms with Gasteiger partial charge >= 0.3 is 0 Å². The van der Waals surface area contributed by atoms with Gasteiger partial charge in [0.1, 0.15) is 0 Å². The van der Waals surface area contributed by atoms with Crippen LogP contribution in [0.2, 0.25) is 0 Å². The molecule has 0 aromatic heterocycles. The second-order valence-corrected chi connectivity index (χ2v) is 3.60. The molecule has 0 aromatic rings. The van der Waals surface area contributed by atoms with Crippen LogP contribution in [0.3, 0.4) is 0 Å². The van der Waals surface area contributed by atoms with Crippen molar-refractivity contribution >= 4 is 0 Å².